The van der Waals surface area contributed by atoms with Crippen molar-refractivity contribution in [3.8, 4) is 11.5 Å². The van der Waals surface area contributed by atoms with Gasteiger partial charge in [-0.3, -0.25) is 0 Å². The minimum absolute atomic E-state index is 0.0324. The van der Waals surface area contributed by atoms with Crippen molar-refractivity contribution >= 4 is 17.6 Å². The number of hydrogen-bond donors (Lipinski definition) is 1. The number of anilines is 1. The molecule has 130 valence electrons. The summed E-state index contributed by atoms with van der Waals surface area (Å²) in [5.74, 6) is -1.10. The zero-order chi connectivity index (χ0) is 18.1. The number of methoxy groups -OCH3 is 2. The number of benzene rings is 2. The average Bonchev–Trinajstić information content (AvgIpc) is 2.91. The van der Waals surface area contributed by atoms with Gasteiger partial charge in [0.05, 0.1) is 20.2 Å². The summed E-state index contributed by atoms with van der Waals surface area (Å²) in [6.07, 6.45) is -0.766. The van der Waals surface area contributed by atoms with Gasteiger partial charge in [-0.2, -0.15) is 0 Å². The normalized spacial score (nSPS) is 15.3. The lowest BCUT2D eigenvalue weighted by atomic mass is 10.1. The SMILES string of the molecule is COc1ccc2c(c1OC)C(=O)O[C@H]2Nc1cc(C(=O)[O-])ccc1C. The number of carbonyl (C=O) groups is 2. The molecule has 1 aliphatic rings. The maximum absolute atomic E-state index is 12.3. The van der Waals surface area contributed by atoms with Gasteiger partial charge in [0.2, 0.25) is 6.23 Å². The van der Waals surface area contributed by atoms with E-state index < -0.39 is 18.2 Å². The van der Waals surface area contributed by atoms with E-state index in [0.29, 0.717) is 22.7 Å². The van der Waals surface area contributed by atoms with Crippen LogP contribution in [0.1, 0.15) is 38.1 Å². The summed E-state index contributed by atoms with van der Waals surface area (Å²) in [6, 6.07) is 7.94. The predicted molar refractivity (Wildman–Crippen MR) is 86.8 cm³/mol. The molecule has 1 heterocycles. The Bertz CT molecular complexity index is 861. The zero-order valence-corrected chi connectivity index (χ0v) is 13.9. The molecule has 0 spiro atoms. The fourth-order valence-corrected chi connectivity index (χ4v) is 2.75. The number of esters is 1. The molecule has 1 N–H and O–H groups in total. The van der Waals surface area contributed by atoms with Crippen LogP contribution in [0.25, 0.3) is 0 Å². The van der Waals surface area contributed by atoms with Gasteiger partial charge in [0.15, 0.2) is 11.5 Å². The second-order valence-corrected chi connectivity index (χ2v) is 5.51. The number of fused-ring (bicyclic) bond motifs is 1. The van der Waals surface area contributed by atoms with Crippen LogP contribution in [0.3, 0.4) is 0 Å². The van der Waals surface area contributed by atoms with Gasteiger partial charge < -0.3 is 29.4 Å². The van der Waals surface area contributed by atoms with E-state index in [1.165, 1.54) is 26.4 Å². The summed E-state index contributed by atoms with van der Waals surface area (Å²) in [7, 11) is 2.93. The first-order valence-electron chi connectivity index (χ1n) is 7.50. The van der Waals surface area contributed by atoms with Crippen LogP contribution in [0.4, 0.5) is 5.69 Å². The van der Waals surface area contributed by atoms with Crippen molar-refractivity contribution in [3.63, 3.8) is 0 Å². The molecule has 7 heteroatoms. The van der Waals surface area contributed by atoms with E-state index in [-0.39, 0.29) is 11.1 Å². The molecule has 0 radical (unpaired) electrons. The van der Waals surface area contributed by atoms with Crippen LogP contribution in [0.5, 0.6) is 11.5 Å². The quantitative estimate of drug-likeness (QED) is 0.825. The number of carbonyl (C=O) groups excluding carboxylic acids is 2. The Kier molecular flexibility index (Phi) is 4.22. The third-order valence-corrected chi connectivity index (χ3v) is 4.05. The van der Waals surface area contributed by atoms with E-state index in [0.717, 1.165) is 5.56 Å². The number of carboxylic acid groups (broad SMARTS) is 1. The average molecular weight is 342 g/mol. The monoisotopic (exact) mass is 342 g/mol. The number of rotatable bonds is 5. The number of hydrogen-bond acceptors (Lipinski definition) is 7. The number of aryl methyl sites for hydroxylation is 1. The largest absolute Gasteiger partial charge is 0.545 e. The lowest BCUT2D eigenvalue weighted by Crippen LogP contribution is -2.22. The number of carboxylic acids is 1. The van der Waals surface area contributed by atoms with E-state index in [9.17, 15) is 14.7 Å². The summed E-state index contributed by atoms with van der Waals surface area (Å²) in [4.78, 5) is 23.3. The minimum atomic E-state index is -1.28. The maximum Gasteiger partial charge on any atom is 0.344 e. The maximum atomic E-state index is 12.3. The van der Waals surface area contributed by atoms with Crippen LogP contribution in [0, 0.1) is 6.92 Å². The van der Waals surface area contributed by atoms with Gasteiger partial charge >= 0.3 is 5.97 Å². The highest BCUT2D eigenvalue weighted by molar-refractivity contribution is 5.98. The van der Waals surface area contributed by atoms with Crippen molar-refractivity contribution < 1.29 is 28.9 Å². The summed E-state index contributed by atoms with van der Waals surface area (Å²) < 4.78 is 15.9. The van der Waals surface area contributed by atoms with E-state index in [4.69, 9.17) is 14.2 Å². The van der Waals surface area contributed by atoms with Crippen molar-refractivity contribution in [3.05, 3.63) is 52.6 Å². The molecule has 0 fully saturated rings. The summed E-state index contributed by atoms with van der Waals surface area (Å²) in [5.41, 5.74) is 2.23. The molecule has 2 aromatic carbocycles. The van der Waals surface area contributed by atoms with Gasteiger partial charge in [0.25, 0.3) is 0 Å². The van der Waals surface area contributed by atoms with Crippen LogP contribution >= 0.6 is 0 Å². The van der Waals surface area contributed by atoms with Gasteiger partial charge in [-0.25, -0.2) is 4.79 Å². The highest BCUT2D eigenvalue weighted by Crippen LogP contribution is 2.42. The molecule has 2 aromatic rings. The molecule has 0 bridgehead atoms. The fourth-order valence-electron chi connectivity index (χ4n) is 2.75. The van der Waals surface area contributed by atoms with E-state index in [1.54, 1.807) is 18.2 Å². The Morgan fingerprint density at radius 2 is 1.96 bits per heavy atom. The molecule has 0 unspecified atom stereocenters. The van der Waals surface area contributed by atoms with Gasteiger partial charge in [0, 0.05) is 11.3 Å². The molecular weight excluding hydrogens is 326 g/mol. The Hall–Kier alpha value is -3.22. The molecule has 0 aliphatic carbocycles. The highest BCUT2D eigenvalue weighted by atomic mass is 16.6. The van der Waals surface area contributed by atoms with Crippen LogP contribution in [-0.4, -0.2) is 26.2 Å². The highest BCUT2D eigenvalue weighted by Gasteiger charge is 2.36. The third-order valence-electron chi connectivity index (χ3n) is 4.05. The van der Waals surface area contributed by atoms with E-state index >= 15 is 0 Å². The van der Waals surface area contributed by atoms with Gasteiger partial charge in [-0.1, -0.05) is 12.1 Å². The Morgan fingerprint density at radius 1 is 1.20 bits per heavy atom. The molecule has 1 aliphatic heterocycles. The standard InChI is InChI=1S/C18H17NO6/c1-9-4-5-10(17(20)21)8-12(9)19-16-11-6-7-13(23-2)15(24-3)14(11)18(22)25-16/h4-8,16,19H,1-3H3,(H,20,21)/p-1/t16-/m1/s1. The predicted octanol–water partition coefficient (Wildman–Crippen LogP) is 1.66. The Balaban J connectivity index is 2.00. The smallest absolute Gasteiger partial charge is 0.344 e. The fraction of sp³-hybridized carbons (Fsp3) is 0.222. The summed E-state index contributed by atoms with van der Waals surface area (Å²) in [5, 5.41) is 14.1. The van der Waals surface area contributed by atoms with Crippen LogP contribution in [0.15, 0.2) is 30.3 Å². The molecule has 0 aromatic heterocycles. The van der Waals surface area contributed by atoms with E-state index in [1.807, 2.05) is 6.92 Å². The topological polar surface area (TPSA) is 96.9 Å². The third kappa shape index (κ3) is 2.84. The number of cyclic esters (lactones) is 1. The number of nitrogens with one attached hydrogen (secondary N) is 1. The van der Waals surface area contributed by atoms with Crippen LogP contribution in [0.2, 0.25) is 0 Å². The molecule has 0 amide bonds. The number of aromatic carboxylic acids is 1. The van der Waals surface area contributed by atoms with Crippen molar-refractivity contribution in [2.75, 3.05) is 19.5 Å². The van der Waals surface area contributed by atoms with Gasteiger partial charge in [-0.05, 0) is 36.2 Å². The second kappa shape index (κ2) is 6.35. The van der Waals surface area contributed by atoms with E-state index in [2.05, 4.69) is 5.32 Å². The summed E-state index contributed by atoms with van der Waals surface area (Å²) in [6.45, 7) is 1.81. The molecule has 3 rings (SSSR count). The molecular formula is C18H16NO6-. The lowest BCUT2D eigenvalue weighted by Gasteiger charge is -2.18. The van der Waals surface area contributed by atoms with Crippen molar-refractivity contribution in [1.29, 1.82) is 0 Å². The van der Waals surface area contributed by atoms with Crippen LogP contribution < -0.4 is 19.9 Å². The molecule has 7 nitrogen and oxygen atoms in total. The first-order valence-corrected chi connectivity index (χ1v) is 7.50. The first-order chi connectivity index (χ1) is 12.0. The van der Waals surface area contributed by atoms with Gasteiger partial charge in [-0.15, -0.1) is 0 Å². The minimum Gasteiger partial charge on any atom is -0.545 e. The summed E-state index contributed by atoms with van der Waals surface area (Å²) >= 11 is 0. The second-order valence-electron chi connectivity index (χ2n) is 5.51. The van der Waals surface area contributed by atoms with Crippen LogP contribution in [-0.2, 0) is 4.74 Å². The molecule has 1 atom stereocenters. The molecule has 0 saturated carbocycles. The zero-order valence-electron chi connectivity index (χ0n) is 13.9. The Morgan fingerprint density at radius 3 is 2.60 bits per heavy atom. The van der Waals surface area contributed by atoms with Crippen molar-refractivity contribution in [2.24, 2.45) is 0 Å². The lowest BCUT2D eigenvalue weighted by molar-refractivity contribution is -0.255. The molecule has 0 saturated heterocycles. The molecule has 25 heavy (non-hydrogen) atoms. The van der Waals surface area contributed by atoms with Gasteiger partial charge in [0.1, 0.15) is 5.56 Å². The van der Waals surface area contributed by atoms with Crippen molar-refractivity contribution in [2.45, 2.75) is 13.2 Å². The Labute approximate surface area is 144 Å². The first kappa shape index (κ1) is 16.6. The number of ether oxygens (including phenoxy) is 3. The van der Waals surface area contributed by atoms with Crippen molar-refractivity contribution in [1.82, 2.24) is 0 Å².